The number of unbranched alkanes of at least 4 members (excludes halogenated alkanes) is 1. The molecule has 2 nitrogen and oxygen atoms in total. The van der Waals surface area contributed by atoms with E-state index in [1.54, 1.807) is 11.8 Å². The van der Waals surface area contributed by atoms with Gasteiger partial charge in [0.2, 0.25) is 0 Å². The van der Waals surface area contributed by atoms with E-state index in [0.29, 0.717) is 5.75 Å². The summed E-state index contributed by atoms with van der Waals surface area (Å²) in [5, 5.41) is 9.68. The van der Waals surface area contributed by atoms with Crippen LogP contribution < -0.4 is 5.73 Å². The average Bonchev–Trinajstić information content (AvgIpc) is 2.20. The fraction of sp³-hybridized carbons (Fsp3) is 0.455. The molecule has 0 aliphatic carbocycles. The van der Waals surface area contributed by atoms with Crippen molar-refractivity contribution in [2.75, 3.05) is 12.8 Å². The second-order valence-electron chi connectivity index (χ2n) is 3.24. The summed E-state index contributed by atoms with van der Waals surface area (Å²) in [5.74, 6) is 0.411. The second-order valence-corrected chi connectivity index (χ2v) is 4.12. The van der Waals surface area contributed by atoms with E-state index in [4.69, 9.17) is 5.73 Å². The third-order valence-corrected chi connectivity index (χ3v) is 2.92. The Morgan fingerprint density at radius 2 is 2.14 bits per heavy atom. The molecular weight excluding hydrogens is 194 g/mol. The highest BCUT2D eigenvalue weighted by Crippen LogP contribution is 2.25. The second kappa shape index (κ2) is 5.94. The summed E-state index contributed by atoms with van der Waals surface area (Å²) in [5.41, 5.74) is 6.43. The first-order valence-electron chi connectivity index (χ1n) is 4.84. The molecule has 78 valence electrons. The SMILES string of the molecule is CSc1ccc(CCCCN)c(O)c1. The van der Waals surface area contributed by atoms with Crippen LogP contribution in [-0.2, 0) is 6.42 Å². The van der Waals surface area contributed by atoms with Gasteiger partial charge in [-0.05, 0) is 49.8 Å². The van der Waals surface area contributed by atoms with Crippen LogP contribution in [0.2, 0.25) is 0 Å². The minimum Gasteiger partial charge on any atom is -0.508 e. The number of benzene rings is 1. The predicted molar refractivity (Wildman–Crippen MR) is 61.9 cm³/mol. The van der Waals surface area contributed by atoms with Crippen LogP contribution in [0, 0.1) is 0 Å². The highest BCUT2D eigenvalue weighted by Gasteiger charge is 2.01. The van der Waals surface area contributed by atoms with Gasteiger partial charge in [0.1, 0.15) is 5.75 Å². The van der Waals surface area contributed by atoms with Gasteiger partial charge in [-0.15, -0.1) is 11.8 Å². The molecule has 0 unspecified atom stereocenters. The van der Waals surface area contributed by atoms with E-state index < -0.39 is 0 Å². The maximum absolute atomic E-state index is 9.68. The molecule has 0 atom stereocenters. The molecule has 1 aromatic carbocycles. The minimum absolute atomic E-state index is 0.411. The first kappa shape index (κ1) is 11.4. The molecule has 0 saturated heterocycles. The molecule has 14 heavy (non-hydrogen) atoms. The Morgan fingerprint density at radius 3 is 2.71 bits per heavy atom. The summed E-state index contributed by atoms with van der Waals surface area (Å²) < 4.78 is 0. The number of phenols is 1. The first-order valence-corrected chi connectivity index (χ1v) is 6.06. The van der Waals surface area contributed by atoms with Gasteiger partial charge in [0.25, 0.3) is 0 Å². The molecule has 1 rings (SSSR count). The number of hydrogen-bond donors (Lipinski definition) is 2. The largest absolute Gasteiger partial charge is 0.508 e. The number of nitrogens with two attached hydrogens (primary N) is 1. The number of aromatic hydroxyl groups is 1. The molecule has 0 aliphatic heterocycles. The van der Waals surface area contributed by atoms with Crippen molar-refractivity contribution in [1.82, 2.24) is 0 Å². The van der Waals surface area contributed by atoms with Crippen LogP contribution in [-0.4, -0.2) is 17.9 Å². The third kappa shape index (κ3) is 3.24. The monoisotopic (exact) mass is 211 g/mol. The van der Waals surface area contributed by atoms with Gasteiger partial charge in [-0.25, -0.2) is 0 Å². The van der Waals surface area contributed by atoms with E-state index in [2.05, 4.69) is 0 Å². The van der Waals surface area contributed by atoms with E-state index in [9.17, 15) is 5.11 Å². The van der Waals surface area contributed by atoms with Crippen LogP contribution in [0.5, 0.6) is 5.75 Å². The predicted octanol–water partition coefficient (Wildman–Crippen LogP) is 2.40. The van der Waals surface area contributed by atoms with Gasteiger partial charge in [0, 0.05) is 4.90 Å². The molecule has 0 radical (unpaired) electrons. The Bertz CT molecular complexity index is 289. The van der Waals surface area contributed by atoms with Crippen molar-refractivity contribution in [3.05, 3.63) is 23.8 Å². The fourth-order valence-electron chi connectivity index (χ4n) is 1.34. The summed E-state index contributed by atoms with van der Waals surface area (Å²) in [6, 6.07) is 5.86. The van der Waals surface area contributed by atoms with Crippen molar-refractivity contribution < 1.29 is 5.11 Å². The smallest absolute Gasteiger partial charge is 0.119 e. The molecule has 1 aromatic rings. The zero-order valence-electron chi connectivity index (χ0n) is 8.49. The standard InChI is InChI=1S/C11H17NOS/c1-14-10-6-5-9(11(13)8-10)4-2-3-7-12/h5-6,8,13H,2-4,7,12H2,1H3. The van der Waals surface area contributed by atoms with E-state index in [-0.39, 0.29) is 0 Å². The van der Waals surface area contributed by atoms with Crippen LogP contribution in [0.25, 0.3) is 0 Å². The van der Waals surface area contributed by atoms with Crippen molar-refractivity contribution in [1.29, 1.82) is 0 Å². The number of hydrogen-bond acceptors (Lipinski definition) is 3. The molecule has 0 bridgehead atoms. The average molecular weight is 211 g/mol. The zero-order chi connectivity index (χ0) is 10.4. The van der Waals surface area contributed by atoms with Crippen LogP contribution >= 0.6 is 11.8 Å². The normalized spacial score (nSPS) is 10.4. The molecule has 3 heteroatoms. The number of phenolic OH excluding ortho intramolecular Hbond substituents is 1. The van der Waals surface area contributed by atoms with Gasteiger partial charge < -0.3 is 10.8 Å². The molecule has 0 aromatic heterocycles. The Balaban J connectivity index is 2.59. The van der Waals surface area contributed by atoms with E-state index in [1.165, 1.54) is 0 Å². The van der Waals surface area contributed by atoms with Crippen LogP contribution in [0.1, 0.15) is 18.4 Å². The lowest BCUT2D eigenvalue weighted by molar-refractivity contribution is 0.465. The first-order chi connectivity index (χ1) is 6.77. The molecular formula is C11H17NOS. The molecule has 0 aliphatic rings. The number of rotatable bonds is 5. The molecule has 0 fully saturated rings. The van der Waals surface area contributed by atoms with Gasteiger partial charge >= 0.3 is 0 Å². The van der Waals surface area contributed by atoms with Crippen molar-refractivity contribution in [3.63, 3.8) is 0 Å². The highest BCUT2D eigenvalue weighted by molar-refractivity contribution is 7.98. The summed E-state index contributed by atoms with van der Waals surface area (Å²) >= 11 is 1.64. The quantitative estimate of drug-likeness (QED) is 0.580. The highest BCUT2D eigenvalue weighted by atomic mass is 32.2. The van der Waals surface area contributed by atoms with Crippen LogP contribution in [0.4, 0.5) is 0 Å². The fourth-order valence-corrected chi connectivity index (χ4v) is 1.78. The zero-order valence-corrected chi connectivity index (χ0v) is 9.31. The van der Waals surface area contributed by atoms with Crippen LogP contribution in [0.15, 0.2) is 23.1 Å². The summed E-state index contributed by atoms with van der Waals surface area (Å²) in [4.78, 5) is 1.10. The van der Waals surface area contributed by atoms with Gasteiger partial charge in [0.05, 0.1) is 0 Å². The van der Waals surface area contributed by atoms with Crippen molar-refractivity contribution in [2.24, 2.45) is 5.73 Å². The number of thioether (sulfide) groups is 1. The Hall–Kier alpha value is -0.670. The maximum Gasteiger partial charge on any atom is 0.119 e. The molecule has 0 amide bonds. The Morgan fingerprint density at radius 1 is 1.36 bits per heavy atom. The van der Waals surface area contributed by atoms with E-state index in [1.807, 2.05) is 24.5 Å². The summed E-state index contributed by atoms with van der Waals surface area (Å²) in [7, 11) is 0. The molecule has 0 heterocycles. The van der Waals surface area contributed by atoms with E-state index >= 15 is 0 Å². The van der Waals surface area contributed by atoms with Gasteiger partial charge in [-0.2, -0.15) is 0 Å². The lowest BCUT2D eigenvalue weighted by Gasteiger charge is -2.05. The number of aryl methyl sites for hydroxylation is 1. The minimum atomic E-state index is 0.411. The van der Waals surface area contributed by atoms with Crippen molar-refractivity contribution >= 4 is 11.8 Å². The summed E-state index contributed by atoms with van der Waals surface area (Å²) in [6.45, 7) is 0.726. The van der Waals surface area contributed by atoms with E-state index in [0.717, 1.165) is 36.3 Å². The topological polar surface area (TPSA) is 46.2 Å². The lowest BCUT2D eigenvalue weighted by Crippen LogP contribution is -1.99. The van der Waals surface area contributed by atoms with Crippen molar-refractivity contribution in [2.45, 2.75) is 24.2 Å². The van der Waals surface area contributed by atoms with Crippen molar-refractivity contribution in [3.8, 4) is 5.75 Å². The molecule has 0 spiro atoms. The van der Waals surface area contributed by atoms with Gasteiger partial charge in [-0.3, -0.25) is 0 Å². The summed E-state index contributed by atoms with van der Waals surface area (Å²) in [6.07, 6.45) is 4.98. The Kier molecular flexibility index (Phi) is 4.84. The van der Waals surface area contributed by atoms with Gasteiger partial charge in [-0.1, -0.05) is 6.07 Å². The maximum atomic E-state index is 9.68. The third-order valence-electron chi connectivity index (χ3n) is 2.19. The van der Waals surface area contributed by atoms with Crippen LogP contribution in [0.3, 0.4) is 0 Å². The molecule has 3 N–H and O–H groups in total. The lowest BCUT2D eigenvalue weighted by atomic mass is 10.1. The Labute approximate surface area is 89.5 Å². The molecule has 0 saturated carbocycles. The van der Waals surface area contributed by atoms with Gasteiger partial charge in [0.15, 0.2) is 0 Å².